The van der Waals surface area contributed by atoms with Crippen molar-refractivity contribution in [2.24, 2.45) is 0 Å². The molecule has 15 heteroatoms. The van der Waals surface area contributed by atoms with Crippen LogP contribution in [0.25, 0.3) is 0 Å². The second-order valence-electron chi connectivity index (χ2n) is 9.51. The maximum absolute atomic E-state index is 14.0. The first-order valence-corrected chi connectivity index (χ1v) is 13.9. The van der Waals surface area contributed by atoms with Crippen LogP contribution in [0.5, 0.6) is 17.2 Å². The van der Waals surface area contributed by atoms with E-state index in [2.05, 4.69) is 4.18 Å². The van der Waals surface area contributed by atoms with Crippen LogP contribution in [0, 0.1) is 29.1 Å². The third-order valence-electron chi connectivity index (χ3n) is 6.85. The first-order chi connectivity index (χ1) is 19.8. The molecule has 0 aromatic heterocycles. The zero-order valence-electron chi connectivity index (χ0n) is 21.2. The van der Waals surface area contributed by atoms with E-state index in [1.807, 2.05) is 0 Å². The highest BCUT2D eigenvalue weighted by Crippen LogP contribution is 2.45. The third kappa shape index (κ3) is 5.71. The molecular weight excluding hydrogens is 604 g/mol. The van der Waals surface area contributed by atoms with Gasteiger partial charge in [-0.05, 0) is 24.6 Å². The number of ether oxygens (including phenoxy) is 3. The van der Waals surface area contributed by atoms with Crippen molar-refractivity contribution in [3.05, 3.63) is 82.2 Å². The molecule has 2 aliphatic heterocycles. The fourth-order valence-corrected chi connectivity index (χ4v) is 5.69. The molecule has 5 rings (SSSR count). The lowest BCUT2D eigenvalue weighted by Gasteiger charge is -2.30. The van der Waals surface area contributed by atoms with Gasteiger partial charge in [-0.25, -0.2) is 13.2 Å². The molecule has 1 atom stereocenters. The topological polar surface area (TPSA) is 71.1 Å². The van der Waals surface area contributed by atoms with E-state index in [0.717, 1.165) is 24.3 Å². The van der Waals surface area contributed by atoms with Crippen LogP contribution in [-0.2, 0) is 21.0 Å². The van der Waals surface area contributed by atoms with Gasteiger partial charge in [-0.3, -0.25) is 0 Å². The Balaban J connectivity index is 1.50. The van der Waals surface area contributed by atoms with Crippen molar-refractivity contribution < 1.29 is 61.9 Å². The average Bonchev–Trinajstić information content (AvgIpc) is 2.97. The molecule has 0 amide bonds. The van der Waals surface area contributed by atoms with Crippen LogP contribution in [0.1, 0.15) is 41.9 Å². The summed E-state index contributed by atoms with van der Waals surface area (Å²) < 4.78 is 156. The molecule has 3 aromatic rings. The Labute approximate surface area is 233 Å². The summed E-state index contributed by atoms with van der Waals surface area (Å²) in [4.78, 5) is -0.739. The zero-order valence-corrected chi connectivity index (χ0v) is 22.1. The molecule has 1 saturated heterocycles. The Bertz CT molecular complexity index is 1590. The smallest absolute Gasteiger partial charge is 0.416 e. The lowest BCUT2D eigenvalue weighted by Crippen LogP contribution is -2.27. The quantitative estimate of drug-likeness (QED) is 0.133. The Kier molecular flexibility index (Phi) is 8.00. The van der Waals surface area contributed by atoms with Crippen LogP contribution in [-0.4, -0.2) is 34.3 Å². The minimum atomic E-state index is -5.15. The van der Waals surface area contributed by atoms with Gasteiger partial charge in [-0.2, -0.15) is 30.4 Å². The highest BCUT2D eigenvalue weighted by molar-refractivity contribution is 7.87. The number of hydrogen-bond donors (Lipinski definition) is 0. The number of alkyl halides is 3. The Morgan fingerprint density at radius 1 is 0.762 bits per heavy atom. The third-order valence-corrected chi connectivity index (χ3v) is 8.07. The van der Waals surface area contributed by atoms with E-state index < -0.39 is 73.6 Å². The molecule has 0 bridgehead atoms. The summed E-state index contributed by atoms with van der Waals surface area (Å²) in [7, 11) is -5.15. The van der Waals surface area contributed by atoms with Gasteiger partial charge in [-0.1, -0.05) is 12.1 Å². The van der Waals surface area contributed by atoms with E-state index in [0.29, 0.717) is 37.2 Å². The van der Waals surface area contributed by atoms with Gasteiger partial charge in [0.1, 0.15) is 22.5 Å². The summed E-state index contributed by atoms with van der Waals surface area (Å²) in [6.45, 7) is 0.754. The van der Waals surface area contributed by atoms with Crippen LogP contribution >= 0.6 is 0 Å². The summed E-state index contributed by atoms with van der Waals surface area (Å²) in [6.07, 6.45) is -3.84. The lowest BCUT2D eigenvalue weighted by molar-refractivity contribution is -0.137. The number of halogens is 8. The van der Waals surface area contributed by atoms with Gasteiger partial charge in [-0.15, -0.1) is 0 Å². The maximum atomic E-state index is 14.0. The molecule has 6 nitrogen and oxygen atoms in total. The molecule has 0 N–H and O–H groups in total. The molecule has 2 aliphatic rings. The molecule has 1 fully saturated rings. The van der Waals surface area contributed by atoms with Gasteiger partial charge in [0.05, 0.1) is 25.4 Å². The van der Waals surface area contributed by atoms with Crippen LogP contribution in [0.4, 0.5) is 35.1 Å². The van der Waals surface area contributed by atoms with E-state index in [1.165, 1.54) is 12.1 Å². The van der Waals surface area contributed by atoms with Gasteiger partial charge in [0.25, 0.3) is 0 Å². The second-order valence-corrected chi connectivity index (χ2v) is 11.1. The standard InChI is InChI=1S/C27H20F8O6S/c28-21-22(29)24(31)26(25(32)23(21)30)41-42(36,37)15-2-4-17-16(7-10-39-19(17)12-15)18-3-1-13(27(33,34)35)11-20(18)40-14-5-8-38-9-6-14/h1-4,11-12,14,16H,5-10H2. The van der Waals surface area contributed by atoms with Crippen LogP contribution < -0.4 is 13.7 Å². The van der Waals surface area contributed by atoms with Crippen LogP contribution in [0.15, 0.2) is 41.3 Å². The van der Waals surface area contributed by atoms with Crippen molar-refractivity contribution >= 4 is 10.1 Å². The maximum Gasteiger partial charge on any atom is 0.416 e. The summed E-state index contributed by atoms with van der Waals surface area (Å²) in [5.74, 6) is -14.9. The molecule has 0 saturated carbocycles. The van der Waals surface area contributed by atoms with E-state index in [1.54, 1.807) is 0 Å². The minimum absolute atomic E-state index is 0.00258. The average molecular weight is 625 g/mol. The Morgan fingerprint density at radius 3 is 2.02 bits per heavy atom. The summed E-state index contributed by atoms with van der Waals surface area (Å²) in [5, 5.41) is 0. The Hall–Kier alpha value is -3.59. The molecule has 0 radical (unpaired) electrons. The van der Waals surface area contributed by atoms with Gasteiger partial charge in [0, 0.05) is 36.0 Å². The monoisotopic (exact) mass is 624 g/mol. The predicted octanol–water partition coefficient (Wildman–Crippen LogP) is 6.64. The lowest BCUT2D eigenvalue weighted by atomic mass is 9.85. The van der Waals surface area contributed by atoms with E-state index >= 15 is 0 Å². The minimum Gasteiger partial charge on any atom is -0.493 e. The van der Waals surface area contributed by atoms with Crippen LogP contribution in [0.2, 0.25) is 0 Å². The van der Waals surface area contributed by atoms with Crippen molar-refractivity contribution in [2.45, 2.75) is 42.4 Å². The number of benzene rings is 3. The molecule has 226 valence electrons. The van der Waals surface area contributed by atoms with Crippen molar-refractivity contribution in [3.8, 4) is 17.2 Å². The van der Waals surface area contributed by atoms with Crippen molar-refractivity contribution in [1.82, 2.24) is 0 Å². The number of fused-ring (bicyclic) bond motifs is 1. The van der Waals surface area contributed by atoms with Gasteiger partial charge < -0.3 is 18.4 Å². The molecule has 0 spiro atoms. The number of rotatable bonds is 6. The molecule has 42 heavy (non-hydrogen) atoms. The molecule has 2 heterocycles. The van der Waals surface area contributed by atoms with E-state index in [4.69, 9.17) is 14.2 Å². The molecule has 3 aromatic carbocycles. The highest BCUT2D eigenvalue weighted by atomic mass is 32.2. The van der Waals surface area contributed by atoms with E-state index in [9.17, 15) is 43.5 Å². The van der Waals surface area contributed by atoms with Crippen LogP contribution in [0.3, 0.4) is 0 Å². The van der Waals surface area contributed by atoms with E-state index in [-0.39, 0.29) is 24.5 Å². The molecule has 1 unspecified atom stereocenters. The highest BCUT2D eigenvalue weighted by Gasteiger charge is 2.35. The van der Waals surface area contributed by atoms with Gasteiger partial charge in [0.15, 0.2) is 0 Å². The second kappa shape index (κ2) is 11.2. The summed E-state index contributed by atoms with van der Waals surface area (Å²) >= 11 is 0. The first kappa shape index (κ1) is 29.9. The number of hydrogen-bond acceptors (Lipinski definition) is 6. The first-order valence-electron chi connectivity index (χ1n) is 12.5. The normalized spacial score (nSPS) is 17.9. The fourth-order valence-electron chi connectivity index (χ4n) is 4.74. The SMILES string of the molecule is O=S(=O)(Oc1c(F)c(F)c(F)c(F)c1F)c1ccc2c(c1)OCCC2c1ccc(C(F)(F)F)cc1OC1CCOCC1. The predicted molar refractivity (Wildman–Crippen MR) is 128 cm³/mol. The molecule has 0 aliphatic carbocycles. The largest absolute Gasteiger partial charge is 0.493 e. The zero-order chi connectivity index (χ0) is 30.4. The molecular formula is C27H20F8O6S. The van der Waals surface area contributed by atoms with Crippen molar-refractivity contribution in [1.29, 1.82) is 0 Å². The van der Waals surface area contributed by atoms with Gasteiger partial charge >= 0.3 is 16.3 Å². The summed E-state index contributed by atoms with van der Waals surface area (Å²) in [5.41, 5.74) is -0.187. The Morgan fingerprint density at radius 2 is 1.38 bits per heavy atom. The van der Waals surface area contributed by atoms with Crippen molar-refractivity contribution in [2.75, 3.05) is 19.8 Å². The van der Waals surface area contributed by atoms with Gasteiger partial charge in [0.2, 0.25) is 34.8 Å². The fraction of sp³-hybridized carbons (Fsp3) is 0.333. The van der Waals surface area contributed by atoms with Crippen molar-refractivity contribution in [3.63, 3.8) is 0 Å². The summed E-state index contributed by atoms with van der Waals surface area (Å²) in [6, 6.07) is 6.20.